The smallest absolute Gasteiger partial charge is 0.338 e. The van der Waals surface area contributed by atoms with E-state index < -0.39 is 5.97 Å². The Morgan fingerprint density at radius 1 is 1.00 bits per heavy atom. The van der Waals surface area contributed by atoms with Crippen molar-refractivity contribution in [3.05, 3.63) is 47.0 Å². The van der Waals surface area contributed by atoms with Crippen LogP contribution in [0.1, 0.15) is 17.3 Å². The van der Waals surface area contributed by atoms with Crippen LogP contribution in [0.25, 0.3) is 0 Å². The first kappa shape index (κ1) is 23.5. The third kappa shape index (κ3) is 5.56. The first-order valence-corrected chi connectivity index (χ1v) is 10.7. The molecule has 1 fully saturated rings. The lowest BCUT2D eigenvalue weighted by molar-refractivity contribution is -0.134. The SMILES string of the molecule is CCOc1c(Cl)cc(C(=O)OCC(=O)N2CCN(c3ccc(OC)cc3)CC2)cc1OC. The summed E-state index contributed by atoms with van der Waals surface area (Å²) in [6.07, 6.45) is 0. The van der Waals surface area contributed by atoms with Crippen LogP contribution in [0.15, 0.2) is 36.4 Å². The van der Waals surface area contributed by atoms with Crippen LogP contribution in [0.4, 0.5) is 5.69 Å². The van der Waals surface area contributed by atoms with E-state index in [1.807, 2.05) is 31.2 Å². The van der Waals surface area contributed by atoms with Crippen LogP contribution in [0, 0.1) is 0 Å². The summed E-state index contributed by atoms with van der Waals surface area (Å²) in [5.74, 6) is 0.595. The summed E-state index contributed by atoms with van der Waals surface area (Å²) in [6, 6.07) is 10.7. The molecule has 2 aromatic rings. The maximum atomic E-state index is 12.5. The van der Waals surface area contributed by atoms with Crippen molar-refractivity contribution >= 4 is 29.2 Å². The maximum Gasteiger partial charge on any atom is 0.338 e. The zero-order valence-corrected chi connectivity index (χ0v) is 19.2. The lowest BCUT2D eigenvalue weighted by Gasteiger charge is -2.36. The summed E-state index contributed by atoms with van der Waals surface area (Å²) < 4.78 is 21.1. The maximum absolute atomic E-state index is 12.5. The summed E-state index contributed by atoms with van der Waals surface area (Å²) in [5, 5.41) is 0.235. The highest BCUT2D eigenvalue weighted by Gasteiger charge is 2.23. The number of methoxy groups -OCH3 is 2. The van der Waals surface area contributed by atoms with Gasteiger partial charge >= 0.3 is 5.97 Å². The molecule has 1 heterocycles. The number of halogens is 1. The van der Waals surface area contributed by atoms with E-state index in [1.165, 1.54) is 19.2 Å². The van der Waals surface area contributed by atoms with Crippen molar-refractivity contribution in [2.75, 3.05) is 58.5 Å². The Kier molecular flexibility index (Phi) is 8.05. The van der Waals surface area contributed by atoms with E-state index in [4.69, 9.17) is 30.5 Å². The van der Waals surface area contributed by atoms with E-state index in [0.29, 0.717) is 44.3 Å². The van der Waals surface area contributed by atoms with Crippen LogP contribution in [-0.2, 0) is 9.53 Å². The molecule has 1 aliphatic rings. The monoisotopic (exact) mass is 462 g/mol. The Morgan fingerprint density at radius 2 is 1.69 bits per heavy atom. The first-order valence-electron chi connectivity index (χ1n) is 10.3. The molecule has 1 saturated heterocycles. The lowest BCUT2D eigenvalue weighted by atomic mass is 10.2. The molecule has 0 saturated carbocycles. The molecule has 172 valence electrons. The molecular weight excluding hydrogens is 436 g/mol. The number of amides is 1. The van der Waals surface area contributed by atoms with Gasteiger partial charge in [-0.3, -0.25) is 4.79 Å². The zero-order chi connectivity index (χ0) is 23.1. The van der Waals surface area contributed by atoms with Crippen LogP contribution < -0.4 is 19.1 Å². The normalized spacial score (nSPS) is 13.5. The van der Waals surface area contributed by atoms with Crippen molar-refractivity contribution < 1.29 is 28.5 Å². The third-order valence-electron chi connectivity index (χ3n) is 5.15. The molecule has 1 amide bonds. The van der Waals surface area contributed by atoms with E-state index in [1.54, 1.807) is 12.0 Å². The molecule has 3 rings (SSSR count). The highest BCUT2D eigenvalue weighted by Crippen LogP contribution is 2.36. The molecule has 0 atom stereocenters. The van der Waals surface area contributed by atoms with Gasteiger partial charge in [-0.05, 0) is 43.3 Å². The molecule has 0 bridgehead atoms. The van der Waals surface area contributed by atoms with Gasteiger partial charge in [-0.15, -0.1) is 0 Å². The van der Waals surface area contributed by atoms with Gasteiger partial charge in [-0.1, -0.05) is 11.6 Å². The highest BCUT2D eigenvalue weighted by atomic mass is 35.5. The van der Waals surface area contributed by atoms with Crippen LogP contribution in [0.5, 0.6) is 17.2 Å². The predicted molar refractivity (Wildman–Crippen MR) is 121 cm³/mol. The van der Waals surface area contributed by atoms with Crippen molar-refractivity contribution in [3.63, 3.8) is 0 Å². The van der Waals surface area contributed by atoms with E-state index in [0.717, 1.165) is 11.4 Å². The van der Waals surface area contributed by atoms with E-state index in [-0.39, 0.29) is 23.1 Å². The highest BCUT2D eigenvalue weighted by molar-refractivity contribution is 6.32. The lowest BCUT2D eigenvalue weighted by Crippen LogP contribution is -2.49. The van der Waals surface area contributed by atoms with Gasteiger partial charge in [0.2, 0.25) is 0 Å². The summed E-state index contributed by atoms with van der Waals surface area (Å²) >= 11 is 6.20. The van der Waals surface area contributed by atoms with Crippen LogP contribution >= 0.6 is 11.6 Å². The van der Waals surface area contributed by atoms with Crippen LogP contribution in [0.3, 0.4) is 0 Å². The fourth-order valence-corrected chi connectivity index (χ4v) is 3.70. The second kappa shape index (κ2) is 10.9. The fraction of sp³-hybridized carbons (Fsp3) is 0.391. The Balaban J connectivity index is 1.52. The average molecular weight is 463 g/mol. The third-order valence-corrected chi connectivity index (χ3v) is 5.43. The summed E-state index contributed by atoms with van der Waals surface area (Å²) in [5.41, 5.74) is 1.26. The zero-order valence-electron chi connectivity index (χ0n) is 18.4. The van der Waals surface area contributed by atoms with Crippen LogP contribution in [0.2, 0.25) is 5.02 Å². The minimum absolute atomic E-state index is 0.187. The molecule has 0 radical (unpaired) electrons. The van der Waals surface area contributed by atoms with Crippen molar-refractivity contribution in [2.24, 2.45) is 0 Å². The minimum atomic E-state index is -0.654. The molecule has 32 heavy (non-hydrogen) atoms. The minimum Gasteiger partial charge on any atom is -0.497 e. The van der Waals surface area contributed by atoms with Crippen molar-refractivity contribution in [1.82, 2.24) is 4.90 Å². The molecule has 0 unspecified atom stereocenters. The molecule has 2 aromatic carbocycles. The number of piperazine rings is 1. The van der Waals surface area contributed by atoms with Gasteiger partial charge in [0.15, 0.2) is 18.1 Å². The number of carbonyl (C=O) groups excluding carboxylic acids is 2. The first-order chi connectivity index (χ1) is 15.5. The number of esters is 1. The molecule has 8 nitrogen and oxygen atoms in total. The molecule has 9 heteroatoms. The number of rotatable bonds is 8. The number of hydrogen-bond acceptors (Lipinski definition) is 7. The average Bonchev–Trinajstić information content (AvgIpc) is 2.83. The summed E-state index contributed by atoms with van der Waals surface area (Å²) in [6.45, 7) is 4.36. The Morgan fingerprint density at radius 3 is 2.28 bits per heavy atom. The van der Waals surface area contributed by atoms with E-state index >= 15 is 0 Å². The molecule has 0 aliphatic carbocycles. The molecule has 0 N–H and O–H groups in total. The van der Waals surface area contributed by atoms with E-state index in [2.05, 4.69) is 4.90 Å². The number of ether oxygens (including phenoxy) is 4. The number of anilines is 1. The number of nitrogens with zero attached hydrogens (tertiary/aromatic N) is 2. The topological polar surface area (TPSA) is 77.5 Å². The van der Waals surface area contributed by atoms with Gasteiger partial charge in [0.1, 0.15) is 5.75 Å². The van der Waals surface area contributed by atoms with Gasteiger partial charge in [-0.25, -0.2) is 4.79 Å². The van der Waals surface area contributed by atoms with E-state index in [9.17, 15) is 9.59 Å². The van der Waals surface area contributed by atoms with Crippen molar-refractivity contribution in [1.29, 1.82) is 0 Å². The van der Waals surface area contributed by atoms with Gasteiger partial charge in [0.05, 0.1) is 31.4 Å². The molecule has 1 aliphatic heterocycles. The Bertz CT molecular complexity index is 942. The number of hydrogen-bond donors (Lipinski definition) is 0. The second-order valence-electron chi connectivity index (χ2n) is 7.06. The standard InChI is InChI=1S/C23H27ClN2O6/c1-4-31-22-19(24)13-16(14-20(22)30-3)23(28)32-15-21(27)26-11-9-25(10-12-26)17-5-7-18(29-2)8-6-17/h5-8,13-14H,4,9-12,15H2,1-3H3. The predicted octanol–water partition coefficient (Wildman–Crippen LogP) is 3.26. The molecule has 0 aromatic heterocycles. The molecule has 0 spiro atoms. The quantitative estimate of drug-likeness (QED) is 0.557. The Labute approximate surface area is 192 Å². The van der Waals surface area contributed by atoms with Gasteiger partial charge < -0.3 is 28.7 Å². The second-order valence-corrected chi connectivity index (χ2v) is 7.47. The number of carbonyl (C=O) groups is 2. The van der Waals surface area contributed by atoms with Crippen molar-refractivity contribution in [2.45, 2.75) is 6.92 Å². The number of benzene rings is 2. The van der Waals surface area contributed by atoms with Crippen LogP contribution in [-0.4, -0.2) is 70.4 Å². The largest absolute Gasteiger partial charge is 0.497 e. The fourth-order valence-electron chi connectivity index (χ4n) is 3.43. The Hall–Kier alpha value is -3.13. The van der Waals surface area contributed by atoms with Crippen molar-refractivity contribution in [3.8, 4) is 17.2 Å². The van der Waals surface area contributed by atoms with Gasteiger partial charge in [0.25, 0.3) is 5.91 Å². The summed E-state index contributed by atoms with van der Waals surface area (Å²) in [4.78, 5) is 28.9. The van der Waals surface area contributed by atoms with Gasteiger partial charge in [-0.2, -0.15) is 0 Å². The molecular formula is C23H27ClN2O6. The summed E-state index contributed by atoms with van der Waals surface area (Å²) in [7, 11) is 3.09. The van der Waals surface area contributed by atoms with Gasteiger partial charge in [0, 0.05) is 31.9 Å².